The van der Waals surface area contributed by atoms with Crippen LogP contribution in [0.3, 0.4) is 0 Å². The third kappa shape index (κ3) is 4.95. The number of halogens is 1. The fraction of sp³-hybridized carbons (Fsp3) is 0.789. The Morgan fingerprint density at radius 3 is 2.28 bits per heavy atom. The summed E-state index contributed by atoms with van der Waals surface area (Å²) in [6.45, 7) is 9.93. The SMILES string of the molecule is C=CCC1(NC(=O)C2(CCF)CC2)CCN(C(=O)OC(C)(C)C)CC1. The fourth-order valence-corrected chi connectivity index (χ4v) is 3.40. The molecule has 1 aliphatic carbocycles. The molecule has 0 radical (unpaired) electrons. The number of nitrogens with one attached hydrogen (secondary N) is 1. The number of carbonyl (C=O) groups excluding carboxylic acids is 2. The van der Waals surface area contributed by atoms with E-state index in [9.17, 15) is 14.0 Å². The second kappa shape index (κ2) is 7.34. The van der Waals surface area contributed by atoms with E-state index in [-0.39, 0.29) is 12.0 Å². The molecule has 142 valence electrons. The zero-order valence-electron chi connectivity index (χ0n) is 15.7. The van der Waals surface area contributed by atoms with Crippen LogP contribution in [-0.2, 0) is 9.53 Å². The maximum atomic E-state index is 12.7. The summed E-state index contributed by atoms with van der Waals surface area (Å²) in [4.78, 5) is 26.6. The van der Waals surface area contributed by atoms with Crippen molar-refractivity contribution in [2.75, 3.05) is 19.8 Å². The van der Waals surface area contributed by atoms with Crippen molar-refractivity contribution in [2.24, 2.45) is 5.41 Å². The van der Waals surface area contributed by atoms with Crippen LogP contribution in [0.15, 0.2) is 12.7 Å². The highest BCUT2D eigenvalue weighted by Crippen LogP contribution is 2.49. The monoisotopic (exact) mass is 354 g/mol. The molecule has 0 aromatic carbocycles. The molecule has 0 atom stereocenters. The second-order valence-corrected chi connectivity index (χ2v) is 8.41. The number of piperidine rings is 1. The first-order chi connectivity index (χ1) is 11.7. The van der Waals surface area contributed by atoms with Gasteiger partial charge >= 0.3 is 6.09 Å². The van der Waals surface area contributed by atoms with E-state index in [2.05, 4.69) is 11.9 Å². The maximum absolute atomic E-state index is 12.7. The van der Waals surface area contributed by atoms with Gasteiger partial charge in [0.1, 0.15) is 5.60 Å². The van der Waals surface area contributed by atoms with Gasteiger partial charge in [-0.15, -0.1) is 6.58 Å². The lowest BCUT2D eigenvalue weighted by molar-refractivity contribution is -0.129. The molecular weight excluding hydrogens is 323 g/mol. The van der Waals surface area contributed by atoms with Crippen LogP contribution in [0, 0.1) is 5.41 Å². The zero-order chi connectivity index (χ0) is 18.7. The van der Waals surface area contributed by atoms with E-state index in [1.807, 2.05) is 20.8 Å². The van der Waals surface area contributed by atoms with Crippen molar-refractivity contribution < 1.29 is 18.7 Å². The molecule has 1 heterocycles. The van der Waals surface area contributed by atoms with Crippen LogP contribution in [-0.4, -0.2) is 47.8 Å². The number of hydrogen-bond donors (Lipinski definition) is 1. The smallest absolute Gasteiger partial charge is 0.410 e. The minimum absolute atomic E-state index is 0.0438. The fourth-order valence-electron chi connectivity index (χ4n) is 3.40. The summed E-state index contributed by atoms with van der Waals surface area (Å²) in [5.74, 6) is -0.0438. The Bertz CT molecular complexity index is 515. The molecular formula is C19H31FN2O3. The molecule has 2 aliphatic rings. The highest BCUT2D eigenvalue weighted by Gasteiger charge is 2.51. The van der Waals surface area contributed by atoms with Gasteiger partial charge in [-0.3, -0.25) is 9.18 Å². The lowest BCUT2D eigenvalue weighted by Gasteiger charge is -2.42. The number of rotatable bonds is 6. The van der Waals surface area contributed by atoms with Crippen LogP contribution in [0.25, 0.3) is 0 Å². The number of nitrogens with zero attached hydrogens (tertiary/aromatic N) is 1. The third-order valence-electron chi connectivity index (χ3n) is 5.19. The van der Waals surface area contributed by atoms with Crippen molar-refractivity contribution in [3.63, 3.8) is 0 Å². The molecule has 25 heavy (non-hydrogen) atoms. The van der Waals surface area contributed by atoms with Crippen molar-refractivity contribution in [1.82, 2.24) is 10.2 Å². The van der Waals surface area contributed by atoms with E-state index in [1.54, 1.807) is 11.0 Å². The molecule has 5 nitrogen and oxygen atoms in total. The summed E-state index contributed by atoms with van der Waals surface area (Å²) in [5, 5.41) is 3.17. The number of ether oxygens (including phenoxy) is 1. The Labute approximate surface area is 150 Å². The molecule has 2 fully saturated rings. The summed E-state index contributed by atoms with van der Waals surface area (Å²) in [6.07, 6.45) is 5.25. The van der Waals surface area contributed by atoms with E-state index in [1.165, 1.54) is 0 Å². The minimum Gasteiger partial charge on any atom is -0.444 e. The molecule has 0 spiro atoms. The Hall–Kier alpha value is -1.59. The highest BCUT2D eigenvalue weighted by molar-refractivity contribution is 5.86. The third-order valence-corrected chi connectivity index (χ3v) is 5.19. The number of amides is 2. The summed E-state index contributed by atoms with van der Waals surface area (Å²) < 4.78 is 18.2. The van der Waals surface area contributed by atoms with E-state index in [0.29, 0.717) is 38.8 Å². The van der Waals surface area contributed by atoms with Gasteiger partial charge in [-0.1, -0.05) is 6.08 Å². The van der Waals surface area contributed by atoms with Crippen molar-refractivity contribution >= 4 is 12.0 Å². The average Bonchev–Trinajstić information content (AvgIpc) is 3.28. The standard InChI is InChI=1S/C19H31FN2O3/c1-5-6-19(21-15(23)18(7-8-18)9-12-20)10-13-22(14-11-19)16(24)25-17(2,3)4/h5H,1,6-14H2,2-4H3,(H,21,23). The lowest BCUT2D eigenvalue weighted by atomic mass is 9.83. The topological polar surface area (TPSA) is 58.6 Å². The molecule has 0 aromatic rings. The summed E-state index contributed by atoms with van der Waals surface area (Å²) >= 11 is 0. The quantitative estimate of drug-likeness (QED) is 0.742. The zero-order valence-corrected chi connectivity index (χ0v) is 15.7. The van der Waals surface area contributed by atoms with Gasteiger partial charge < -0.3 is 15.0 Å². The average molecular weight is 354 g/mol. The number of carbonyl (C=O) groups is 2. The predicted octanol–water partition coefficient (Wildman–Crippen LogP) is 3.59. The van der Waals surface area contributed by atoms with Gasteiger partial charge in [0.15, 0.2) is 0 Å². The van der Waals surface area contributed by atoms with Gasteiger partial charge in [-0.2, -0.15) is 0 Å². The van der Waals surface area contributed by atoms with Crippen molar-refractivity contribution in [3.8, 4) is 0 Å². The van der Waals surface area contributed by atoms with E-state index in [0.717, 1.165) is 12.8 Å². The number of hydrogen-bond acceptors (Lipinski definition) is 3. The van der Waals surface area contributed by atoms with Crippen LogP contribution in [0.1, 0.15) is 59.3 Å². The predicted molar refractivity (Wildman–Crippen MR) is 95.0 cm³/mol. The van der Waals surface area contributed by atoms with Gasteiger partial charge in [-0.05, 0) is 59.3 Å². The largest absolute Gasteiger partial charge is 0.444 e. The van der Waals surface area contributed by atoms with Crippen LogP contribution >= 0.6 is 0 Å². The van der Waals surface area contributed by atoms with E-state index < -0.39 is 23.2 Å². The first-order valence-corrected chi connectivity index (χ1v) is 9.13. The van der Waals surface area contributed by atoms with Crippen LogP contribution < -0.4 is 5.32 Å². The van der Waals surface area contributed by atoms with E-state index >= 15 is 0 Å². The summed E-state index contributed by atoms with van der Waals surface area (Å²) in [6, 6.07) is 0. The number of alkyl halides is 1. The Kier molecular flexibility index (Phi) is 5.79. The van der Waals surface area contributed by atoms with Gasteiger partial charge in [-0.25, -0.2) is 4.79 Å². The van der Waals surface area contributed by atoms with Crippen LogP contribution in [0.4, 0.5) is 9.18 Å². The Balaban J connectivity index is 1.97. The molecule has 1 aliphatic heterocycles. The molecule has 2 amide bonds. The Morgan fingerprint density at radius 1 is 1.24 bits per heavy atom. The lowest BCUT2D eigenvalue weighted by Crippen LogP contribution is -2.57. The normalized spacial score (nSPS) is 21.4. The molecule has 1 saturated heterocycles. The molecule has 2 rings (SSSR count). The van der Waals surface area contributed by atoms with Gasteiger partial charge in [0.25, 0.3) is 0 Å². The molecule has 1 saturated carbocycles. The van der Waals surface area contributed by atoms with Crippen molar-refractivity contribution in [2.45, 2.75) is 70.4 Å². The molecule has 6 heteroatoms. The minimum atomic E-state index is -0.522. The van der Waals surface area contributed by atoms with Crippen LogP contribution in [0.2, 0.25) is 0 Å². The van der Waals surface area contributed by atoms with Crippen LogP contribution in [0.5, 0.6) is 0 Å². The Morgan fingerprint density at radius 2 is 1.84 bits per heavy atom. The molecule has 0 unspecified atom stereocenters. The van der Waals surface area contributed by atoms with Gasteiger partial charge in [0.2, 0.25) is 5.91 Å². The molecule has 0 aromatic heterocycles. The maximum Gasteiger partial charge on any atom is 0.410 e. The van der Waals surface area contributed by atoms with Crippen molar-refractivity contribution in [3.05, 3.63) is 12.7 Å². The molecule has 0 bridgehead atoms. The summed E-state index contributed by atoms with van der Waals surface area (Å²) in [7, 11) is 0. The highest BCUT2D eigenvalue weighted by atomic mass is 19.1. The first-order valence-electron chi connectivity index (χ1n) is 9.13. The number of likely N-dealkylation sites (tertiary alicyclic amines) is 1. The second-order valence-electron chi connectivity index (χ2n) is 8.41. The van der Waals surface area contributed by atoms with Gasteiger partial charge in [0, 0.05) is 18.6 Å². The molecule has 1 N–H and O–H groups in total. The van der Waals surface area contributed by atoms with Crippen molar-refractivity contribution in [1.29, 1.82) is 0 Å². The van der Waals surface area contributed by atoms with Gasteiger partial charge in [0.05, 0.1) is 12.1 Å². The van der Waals surface area contributed by atoms with E-state index in [4.69, 9.17) is 4.74 Å². The first kappa shape index (κ1) is 19.7. The summed E-state index contributed by atoms with van der Waals surface area (Å²) in [5.41, 5.74) is -1.43.